The highest BCUT2D eigenvalue weighted by atomic mass is 16.1. The zero-order valence-electron chi connectivity index (χ0n) is 25.6. The van der Waals surface area contributed by atoms with Crippen molar-refractivity contribution < 1.29 is 14.4 Å². The van der Waals surface area contributed by atoms with Crippen LogP contribution in [-0.4, -0.2) is 17.3 Å². The molecule has 0 bridgehead atoms. The summed E-state index contributed by atoms with van der Waals surface area (Å²) in [5, 5.41) is 0. The van der Waals surface area contributed by atoms with Crippen molar-refractivity contribution in [1.29, 1.82) is 0 Å². The zero-order chi connectivity index (χ0) is 28.8. The van der Waals surface area contributed by atoms with Crippen LogP contribution in [0.2, 0.25) is 0 Å². The van der Waals surface area contributed by atoms with Crippen molar-refractivity contribution in [3.8, 4) is 0 Å². The van der Waals surface area contributed by atoms with Crippen LogP contribution in [-0.2, 0) is 16.0 Å². The Morgan fingerprint density at radius 3 is 1.95 bits per heavy atom. The lowest BCUT2D eigenvalue weighted by Crippen LogP contribution is -2.30. The predicted molar refractivity (Wildman–Crippen MR) is 161 cm³/mol. The van der Waals surface area contributed by atoms with Gasteiger partial charge in [-0.3, -0.25) is 14.4 Å². The number of carbonyl (C=O) groups excluding carboxylic acids is 3. The van der Waals surface area contributed by atoms with Crippen molar-refractivity contribution in [2.45, 2.75) is 114 Å². The van der Waals surface area contributed by atoms with Crippen molar-refractivity contribution in [3.63, 3.8) is 0 Å². The van der Waals surface area contributed by atoms with Gasteiger partial charge in [0.1, 0.15) is 11.6 Å². The Hall–Kier alpha value is -2.55. The van der Waals surface area contributed by atoms with Crippen LogP contribution in [0.1, 0.15) is 118 Å². The maximum atomic E-state index is 12.8. The lowest BCUT2D eigenvalue weighted by molar-refractivity contribution is -0.129. The number of fused-ring (bicyclic) bond motifs is 1. The molecule has 210 valence electrons. The van der Waals surface area contributed by atoms with Crippen molar-refractivity contribution in [2.24, 2.45) is 17.8 Å². The van der Waals surface area contributed by atoms with E-state index in [-0.39, 0.29) is 35.6 Å². The van der Waals surface area contributed by atoms with Crippen LogP contribution in [0.4, 0.5) is 0 Å². The van der Waals surface area contributed by atoms with Gasteiger partial charge >= 0.3 is 0 Å². The van der Waals surface area contributed by atoms with Crippen molar-refractivity contribution >= 4 is 17.3 Å². The number of rotatable bonds is 9. The van der Waals surface area contributed by atoms with Crippen LogP contribution in [0.3, 0.4) is 0 Å². The van der Waals surface area contributed by atoms with E-state index < -0.39 is 0 Å². The summed E-state index contributed by atoms with van der Waals surface area (Å²) in [5.41, 5.74) is 7.08. The smallest absolute Gasteiger partial charge is 0.163 e. The van der Waals surface area contributed by atoms with Crippen LogP contribution in [0.15, 0.2) is 36.4 Å². The number of benzene rings is 2. The molecular weight excluding hydrogens is 468 g/mol. The first-order valence-electron chi connectivity index (χ1n) is 14.7. The molecule has 2 aromatic carbocycles. The van der Waals surface area contributed by atoms with Crippen LogP contribution in [0, 0.1) is 45.4 Å². The predicted octanol–water partition coefficient (Wildman–Crippen LogP) is 9.15. The molecule has 0 aliphatic heterocycles. The second kappa shape index (κ2) is 17.1. The highest BCUT2D eigenvalue weighted by Gasteiger charge is 2.33. The number of Topliss-reactive ketones (excluding diaryl/α,β-unsaturated/α-hetero) is 3. The van der Waals surface area contributed by atoms with Gasteiger partial charge in [0.15, 0.2) is 5.78 Å². The molecule has 3 atom stereocenters. The minimum atomic E-state index is -0.0658. The van der Waals surface area contributed by atoms with Gasteiger partial charge in [-0.25, -0.2) is 0 Å². The molecule has 0 heterocycles. The first kappa shape index (κ1) is 33.5. The van der Waals surface area contributed by atoms with Gasteiger partial charge in [0, 0.05) is 17.9 Å². The second-order valence-electron chi connectivity index (χ2n) is 11.3. The minimum absolute atomic E-state index is 0.0451. The third-order valence-corrected chi connectivity index (χ3v) is 7.32. The highest BCUT2D eigenvalue weighted by Crippen LogP contribution is 2.37. The van der Waals surface area contributed by atoms with E-state index in [2.05, 4.69) is 71.9 Å². The first-order valence-corrected chi connectivity index (χ1v) is 14.7. The number of aryl methyl sites for hydroxylation is 4. The zero-order valence-corrected chi connectivity index (χ0v) is 25.6. The summed E-state index contributed by atoms with van der Waals surface area (Å²) in [6.45, 7) is 18.2. The second-order valence-corrected chi connectivity index (χ2v) is 11.3. The molecule has 0 saturated heterocycles. The molecule has 1 aliphatic carbocycles. The van der Waals surface area contributed by atoms with Gasteiger partial charge in [0.25, 0.3) is 0 Å². The van der Waals surface area contributed by atoms with Crippen molar-refractivity contribution in [1.82, 2.24) is 0 Å². The standard InChI is InChI=1S/C24H34O3.C8H10.C3H8/c1-6-8-19(20(7-2)22(26)11-17(5)25)12-18-13-21-15(3)9-10-16(4)24(21)23(27)14-18;1-7-4-3-5-8(2)6-7;1-3-2/h9-10,18-20H,6-8,11-14H2,1-5H3;3-6H,1-2H3;3H2,1-2H3. The fourth-order valence-corrected chi connectivity index (χ4v) is 5.70. The quantitative estimate of drug-likeness (QED) is 0.310. The molecule has 0 aromatic heterocycles. The average molecular weight is 521 g/mol. The first-order chi connectivity index (χ1) is 18.0. The summed E-state index contributed by atoms with van der Waals surface area (Å²) in [4.78, 5) is 36.9. The fraction of sp³-hybridized carbons (Fsp3) is 0.571. The minimum Gasteiger partial charge on any atom is -0.300 e. The van der Waals surface area contributed by atoms with Gasteiger partial charge in [-0.1, -0.05) is 94.5 Å². The maximum Gasteiger partial charge on any atom is 0.163 e. The van der Waals surface area contributed by atoms with E-state index >= 15 is 0 Å². The lowest BCUT2D eigenvalue weighted by Gasteiger charge is -2.32. The molecule has 0 fully saturated rings. The van der Waals surface area contributed by atoms with E-state index in [1.54, 1.807) is 0 Å². The van der Waals surface area contributed by atoms with Gasteiger partial charge in [0.2, 0.25) is 0 Å². The Labute approximate surface area is 232 Å². The summed E-state index contributed by atoms with van der Waals surface area (Å²) in [5.74, 6) is 0.766. The van der Waals surface area contributed by atoms with Gasteiger partial charge in [0.05, 0.1) is 6.42 Å². The van der Waals surface area contributed by atoms with Crippen molar-refractivity contribution in [2.75, 3.05) is 0 Å². The van der Waals surface area contributed by atoms with E-state index in [9.17, 15) is 14.4 Å². The summed E-state index contributed by atoms with van der Waals surface area (Å²) in [6, 6.07) is 12.6. The van der Waals surface area contributed by atoms with E-state index in [1.807, 2.05) is 19.9 Å². The van der Waals surface area contributed by atoms with Gasteiger partial charge in [-0.05, 0) is 82.4 Å². The Bertz CT molecular complexity index is 1030. The molecule has 0 radical (unpaired) electrons. The van der Waals surface area contributed by atoms with Gasteiger partial charge < -0.3 is 0 Å². The molecule has 0 saturated carbocycles. The molecule has 0 N–H and O–H groups in total. The molecule has 0 amide bonds. The maximum absolute atomic E-state index is 12.8. The molecule has 0 spiro atoms. The number of ketones is 3. The third-order valence-electron chi connectivity index (χ3n) is 7.32. The molecule has 3 rings (SSSR count). The summed E-state index contributed by atoms with van der Waals surface area (Å²) in [6.07, 6.45) is 6.46. The Morgan fingerprint density at radius 2 is 1.47 bits per heavy atom. The van der Waals surface area contributed by atoms with Gasteiger partial charge in [-0.15, -0.1) is 0 Å². The molecule has 3 unspecified atom stereocenters. The molecule has 2 aromatic rings. The van der Waals surface area contributed by atoms with Crippen LogP contribution in [0.25, 0.3) is 0 Å². The van der Waals surface area contributed by atoms with Crippen LogP contribution >= 0.6 is 0 Å². The molecule has 1 aliphatic rings. The molecular formula is C35H52O3. The monoisotopic (exact) mass is 520 g/mol. The Morgan fingerprint density at radius 1 is 0.895 bits per heavy atom. The Kier molecular flexibility index (Phi) is 15.1. The number of hydrogen-bond acceptors (Lipinski definition) is 3. The number of hydrogen-bond donors (Lipinski definition) is 0. The van der Waals surface area contributed by atoms with E-state index in [4.69, 9.17) is 0 Å². The van der Waals surface area contributed by atoms with Crippen molar-refractivity contribution in [3.05, 3.63) is 69.8 Å². The largest absolute Gasteiger partial charge is 0.300 e. The number of carbonyl (C=O) groups is 3. The normalized spacial score (nSPS) is 15.7. The van der Waals surface area contributed by atoms with Crippen LogP contribution in [0.5, 0.6) is 0 Å². The van der Waals surface area contributed by atoms with Crippen LogP contribution < -0.4 is 0 Å². The SMILES string of the molecule is CCC.CCCC(CC1CC(=O)c2c(C)ccc(C)c2C1)C(CC)C(=O)CC(C)=O.Cc1cccc(C)c1. The Balaban J connectivity index is 0.000000545. The summed E-state index contributed by atoms with van der Waals surface area (Å²) >= 11 is 0. The molecule has 38 heavy (non-hydrogen) atoms. The summed E-state index contributed by atoms with van der Waals surface area (Å²) < 4.78 is 0. The average Bonchev–Trinajstić information content (AvgIpc) is 2.82. The molecule has 3 heteroatoms. The summed E-state index contributed by atoms with van der Waals surface area (Å²) in [7, 11) is 0. The third kappa shape index (κ3) is 10.7. The topological polar surface area (TPSA) is 51.2 Å². The highest BCUT2D eigenvalue weighted by molar-refractivity contribution is 6.00. The van der Waals surface area contributed by atoms with E-state index in [0.29, 0.717) is 12.3 Å². The van der Waals surface area contributed by atoms with Gasteiger partial charge in [-0.2, -0.15) is 0 Å². The fourth-order valence-electron chi connectivity index (χ4n) is 5.70. The van der Waals surface area contributed by atoms with E-state index in [1.165, 1.54) is 35.6 Å². The lowest BCUT2D eigenvalue weighted by atomic mass is 9.71. The molecule has 3 nitrogen and oxygen atoms in total. The van der Waals surface area contributed by atoms with E-state index in [0.717, 1.165) is 43.2 Å².